The molecule has 0 fully saturated rings. The number of hydrogen-bond donors (Lipinski definition) is 2. The van der Waals surface area contributed by atoms with E-state index in [1.165, 1.54) is 0 Å². The fraction of sp³-hybridized carbons (Fsp3) is 0.0556. The monoisotopic (exact) mass is 380 g/mol. The lowest BCUT2D eigenvalue weighted by Gasteiger charge is -2.10. The number of hydrogen-bond acceptors (Lipinski definition) is 4. The second-order valence-corrected chi connectivity index (χ2v) is 6.01. The van der Waals surface area contributed by atoms with Gasteiger partial charge in [0, 0.05) is 21.2 Å². The summed E-state index contributed by atoms with van der Waals surface area (Å²) in [6.45, 7) is 0.0922. The fourth-order valence-corrected chi connectivity index (χ4v) is 2.56. The highest BCUT2D eigenvalue weighted by atomic mass is 79.9. The first-order valence-electron chi connectivity index (χ1n) is 7.25. The van der Waals surface area contributed by atoms with Crippen LogP contribution < -0.4 is 10.6 Å². The van der Waals surface area contributed by atoms with Crippen LogP contribution in [0.1, 0.15) is 5.69 Å². The van der Waals surface area contributed by atoms with Crippen LogP contribution in [0.5, 0.6) is 0 Å². The summed E-state index contributed by atoms with van der Waals surface area (Å²) >= 11 is 3.35. The molecule has 0 radical (unpaired) electrons. The van der Waals surface area contributed by atoms with Crippen molar-refractivity contribution in [2.75, 3.05) is 17.2 Å². The molecule has 0 bridgehead atoms. The number of benzene rings is 2. The molecule has 118 valence electrons. The molecular formula is C18H13BrN4O. The molecule has 0 spiro atoms. The molecule has 3 aromatic rings. The Morgan fingerprint density at radius 1 is 1.17 bits per heavy atom. The zero-order valence-electron chi connectivity index (χ0n) is 12.6. The molecule has 2 N–H and O–H groups in total. The quantitative estimate of drug-likeness (QED) is 0.718. The van der Waals surface area contributed by atoms with Gasteiger partial charge in [-0.2, -0.15) is 5.26 Å². The van der Waals surface area contributed by atoms with Crippen molar-refractivity contribution in [3.8, 4) is 6.07 Å². The average molecular weight is 381 g/mol. The molecule has 24 heavy (non-hydrogen) atoms. The van der Waals surface area contributed by atoms with Gasteiger partial charge in [0.25, 0.3) is 0 Å². The average Bonchev–Trinajstić information content (AvgIpc) is 2.61. The van der Waals surface area contributed by atoms with Crippen LogP contribution >= 0.6 is 15.9 Å². The number of halogens is 1. The van der Waals surface area contributed by atoms with Gasteiger partial charge in [-0.05, 0) is 36.4 Å². The number of carbonyl (C=O) groups is 1. The molecule has 1 aromatic heterocycles. The number of aromatic nitrogens is 1. The third-order valence-corrected chi connectivity index (χ3v) is 3.93. The van der Waals surface area contributed by atoms with E-state index in [9.17, 15) is 4.79 Å². The van der Waals surface area contributed by atoms with Gasteiger partial charge in [0.1, 0.15) is 11.8 Å². The molecule has 0 saturated carbocycles. The van der Waals surface area contributed by atoms with Crippen LogP contribution in [0.15, 0.2) is 59.1 Å². The number of nitrogens with one attached hydrogen (secondary N) is 2. The molecule has 6 heteroatoms. The van der Waals surface area contributed by atoms with Crippen molar-refractivity contribution in [2.24, 2.45) is 0 Å². The van der Waals surface area contributed by atoms with E-state index in [-0.39, 0.29) is 12.5 Å². The third kappa shape index (κ3) is 3.70. The van der Waals surface area contributed by atoms with E-state index in [2.05, 4.69) is 31.5 Å². The summed E-state index contributed by atoms with van der Waals surface area (Å²) in [6.07, 6.45) is 0. The van der Waals surface area contributed by atoms with Gasteiger partial charge >= 0.3 is 0 Å². The Labute approximate surface area is 147 Å². The highest BCUT2D eigenvalue weighted by molar-refractivity contribution is 9.10. The molecular weight excluding hydrogens is 368 g/mol. The molecule has 1 amide bonds. The van der Waals surface area contributed by atoms with E-state index in [4.69, 9.17) is 5.26 Å². The topological polar surface area (TPSA) is 77.8 Å². The minimum absolute atomic E-state index is 0.0922. The van der Waals surface area contributed by atoms with Crippen LogP contribution in [0.2, 0.25) is 0 Å². The Morgan fingerprint density at radius 3 is 2.67 bits per heavy atom. The van der Waals surface area contributed by atoms with Gasteiger partial charge in [-0.1, -0.05) is 34.1 Å². The standard InChI is InChI=1S/C18H13BrN4O/c19-12-5-7-13(8-6-12)23-18(24)11-21-17-9-14(10-20)22-16-4-2-1-3-15(16)17/h1-9H,11H2,(H,21,22)(H,23,24). The first kappa shape index (κ1) is 16.0. The largest absolute Gasteiger partial charge is 0.376 e. The van der Waals surface area contributed by atoms with Gasteiger partial charge in [0.05, 0.1) is 12.1 Å². The second-order valence-electron chi connectivity index (χ2n) is 5.09. The zero-order valence-corrected chi connectivity index (χ0v) is 14.2. The van der Waals surface area contributed by atoms with Crippen LogP contribution in [-0.2, 0) is 4.79 Å². The van der Waals surface area contributed by atoms with Gasteiger partial charge in [0.15, 0.2) is 0 Å². The summed E-state index contributed by atoms with van der Waals surface area (Å²) in [6, 6.07) is 18.5. The summed E-state index contributed by atoms with van der Waals surface area (Å²) in [5.74, 6) is -0.170. The lowest BCUT2D eigenvalue weighted by molar-refractivity contribution is -0.114. The van der Waals surface area contributed by atoms with Crippen molar-refractivity contribution in [3.05, 3.63) is 64.8 Å². The first-order chi connectivity index (χ1) is 11.7. The Hall–Kier alpha value is -2.91. The predicted molar refractivity (Wildman–Crippen MR) is 97.7 cm³/mol. The Balaban J connectivity index is 1.74. The van der Waals surface area contributed by atoms with Crippen molar-refractivity contribution in [2.45, 2.75) is 0 Å². The van der Waals surface area contributed by atoms with E-state index in [0.29, 0.717) is 16.9 Å². The highest BCUT2D eigenvalue weighted by Gasteiger charge is 2.07. The predicted octanol–water partition coefficient (Wildman–Crippen LogP) is 3.92. The van der Waals surface area contributed by atoms with Crippen molar-refractivity contribution >= 4 is 44.1 Å². The van der Waals surface area contributed by atoms with Crippen molar-refractivity contribution in [1.82, 2.24) is 4.98 Å². The molecule has 0 unspecified atom stereocenters. The van der Waals surface area contributed by atoms with Crippen LogP contribution in [0, 0.1) is 11.3 Å². The second kappa shape index (κ2) is 7.11. The van der Waals surface area contributed by atoms with Gasteiger partial charge in [0.2, 0.25) is 5.91 Å². The Kier molecular flexibility index (Phi) is 4.73. The third-order valence-electron chi connectivity index (χ3n) is 3.40. The van der Waals surface area contributed by atoms with Gasteiger partial charge < -0.3 is 10.6 Å². The zero-order chi connectivity index (χ0) is 16.9. The SMILES string of the molecule is N#Cc1cc(NCC(=O)Nc2ccc(Br)cc2)c2ccccc2n1. The van der Waals surface area contributed by atoms with Crippen molar-refractivity contribution in [3.63, 3.8) is 0 Å². The molecule has 2 aromatic carbocycles. The molecule has 1 heterocycles. The molecule has 0 aliphatic rings. The van der Waals surface area contributed by atoms with E-state index in [1.54, 1.807) is 6.07 Å². The van der Waals surface area contributed by atoms with Crippen LogP contribution in [-0.4, -0.2) is 17.4 Å². The maximum atomic E-state index is 12.1. The fourth-order valence-electron chi connectivity index (χ4n) is 2.29. The number of anilines is 2. The van der Waals surface area contributed by atoms with Gasteiger partial charge in [-0.3, -0.25) is 4.79 Å². The Bertz CT molecular complexity index is 932. The first-order valence-corrected chi connectivity index (χ1v) is 8.04. The summed E-state index contributed by atoms with van der Waals surface area (Å²) in [7, 11) is 0. The van der Waals surface area contributed by atoms with Crippen molar-refractivity contribution in [1.29, 1.82) is 5.26 Å². The summed E-state index contributed by atoms with van der Waals surface area (Å²) in [5.41, 5.74) is 2.46. The number of rotatable bonds is 4. The number of carbonyl (C=O) groups excluding carboxylic acids is 1. The lowest BCUT2D eigenvalue weighted by Crippen LogP contribution is -2.21. The molecule has 5 nitrogen and oxygen atoms in total. The number of pyridine rings is 1. The Morgan fingerprint density at radius 2 is 1.92 bits per heavy atom. The number of fused-ring (bicyclic) bond motifs is 1. The number of para-hydroxylation sites is 1. The summed E-state index contributed by atoms with van der Waals surface area (Å²) < 4.78 is 0.950. The maximum absolute atomic E-state index is 12.1. The van der Waals surface area contributed by atoms with E-state index < -0.39 is 0 Å². The molecule has 0 aliphatic heterocycles. The molecule has 3 rings (SSSR count). The number of amides is 1. The summed E-state index contributed by atoms with van der Waals surface area (Å²) in [5, 5.41) is 15.9. The minimum Gasteiger partial charge on any atom is -0.376 e. The van der Waals surface area contributed by atoms with Gasteiger partial charge in [-0.15, -0.1) is 0 Å². The normalized spacial score (nSPS) is 10.2. The van der Waals surface area contributed by atoms with Crippen molar-refractivity contribution < 1.29 is 4.79 Å². The number of nitriles is 1. The minimum atomic E-state index is -0.170. The van der Waals surface area contributed by atoms with Gasteiger partial charge in [-0.25, -0.2) is 4.98 Å². The van der Waals surface area contributed by atoms with Crippen LogP contribution in [0.25, 0.3) is 10.9 Å². The maximum Gasteiger partial charge on any atom is 0.243 e. The van der Waals surface area contributed by atoms with E-state index in [0.717, 1.165) is 15.5 Å². The molecule has 0 aliphatic carbocycles. The van der Waals surface area contributed by atoms with E-state index in [1.807, 2.05) is 54.6 Å². The highest BCUT2D eigenvalue weighted by Crippen LogP contribution is 2.22. The van der Waals surface area contributed by atoms with E-state index >= 15 is 0 Å². The lowest BCUT2D eigenvalue weighted by atomic mass is 10.1. The summed E-state index contributed by atoms with van der Waals surface area (Å²) in [4.78, 5) is 16.3. The smallest absolute Gasteiger partial charge is 0.243 e. The number of nitrogens with zero attached hydrogens (tertiary/aromatic N) is 2. The van der Waals surface area contributed by atoms with Crippen LogP contribution in [0.4, 0.5) is 11.4 Å². The molecule has 0 saturated heterocycles. The van der Waals surface area contributed by atoms with Crippen LogP contribution in [0.3, 0.4) is 0 Å². The molecule has 0 atom stereocenters.